The summed E-state index contributed by atoms with van der Waals surface area (Å²) in [5.74, 6) is 1.81. The van der Waals surface area contributed by atoms with Gasteiger partial charge in [0, 0.05) is 45.1 Å². The Morgan fingerprint density at radius 2 is 1.96 bits per heavy atom. The van der Waals surface area contributed by atoms with Crippen LogP contribution in [0, 0.1) is 0 Å². The molecule has 1 aromatic carbocycles. The van der Waals surface area contributed by atoms with Gasteiger partial charge in [-0.2, -0.15) is 0 Å². The molecule has 3 rings (SSSR count). The average molecular weight is 355 g/mol. The lowest BCUT2D eigenvalue weighted by Crippen LogP contribution is -2.48. The fourth-order valence-electron chi connectivity index (χ4n) is 3.40. The maximum absolute atomic E-state index is 5.50. The Morgan fingerprint density at radius 3 is 2.62 bits per heavy atom. The highest BCUT2D eigenvalue weighted by Gasteiger charge is 2.22. The zero-order valence-electron chi connectivity index (χ0n) is 15.9. The number of benzene rings is 1. The Balaban J connectivity index is 1.50. The maximum Gasteiger partial charge on any atom is 0.191 e. The first-order valence-electron chi connectivity index (χ1n) is 9.16. The molecular weight excluding hydrogens is 326 g/mol. The molecule has 0 atom stereocenters. The first-order valence-corrected chi connectivity index (χ1v) is 9.16. The van der Waals surface area contributed by atoms with Gasteiger partial charge >= 0.3 is 0 Å². The number of anilines is 1. The second-order valence-electron chi connectivity index (χ2n) is 6.61. The monoisotopic (exact) mass is 355 g/mol. The van der Waals surface area contributed by atoms with Crippen LogP contribution in [0.25, 0.3) is 0 Å². The van der Waals surface area contributed by atoms with Crippen LogP contribution in [-0.2, 0) is 13.6 Å². The number of nitrogens with zero attached hydrogens (tertiary/aromatic N) is 3. The zero-order valence-corrected chi connectivity index (χ0v) is 15.9. The molecule has 140 valence electrons. The molecule has 0 spiro atoms. The predicted molar refractivity (Wildman–Crippen MR) is 107 cm³/mol. The summed E-state index contributed by atoms with van der Waals surface area (Å²) >= 11 is 0. The quantitative estimate of drug-likeness (QED) is 0.639. The molecule has 6 nitrogen and oxygen atoms in total. The van der Waals surface area contributed by atoms with Gasteiger partial charge in [0.15, 0.2) is 5.96 Å². The molecule has 26 heavy (non-hydrogen) atoms. The normalized spacial score (nSPS) is 15.8. The molecule has 2 heterocycles. The van der Waals surface area contributed by atoms with Crippen LogP contribution >= 0.6 is 0 Å². The van der Waals surface area contributed by atoms with Crippen molar-refractivity contribution in [3.63, 3.8) is 0 Å². The molecule has 2 aromatic rings. The van der Waals surface area contributed by atoms with Crippen molar-refractivity contribution >= 4 is 11.6 Å². The van der Waals surface area contributed by atoms with Gasteiger partial charge in [0.1, 0.15) is 5.75 Å². The number of nitrogens with one attached hydrogen (secondary N) is 2. The van der Waals surface area contributed by atoms with Gasteiger partial charge in [-0.05, 0) is 37.1 Å². The molecule has 1 fully saturated rings. The fourth-order valence-corrected chi connectivity index (χ4v) is 3.40. The van der Waals surface area contributed by atoms with E-state index in [1.807, 2.05) is 19.2 Å². The minimum atomic E-state index is 0.431. The van der Waals surface area contributed by atoms with Crippen molar-refractivity contribution in [2.24, 2.45) is 12.0 Å². The molecule has 2 N–H and O–H groups in total. The van der Waals surface area contributed by atoms with Crippen LogP contribution in [0.3, 0.4) is 0 Å². The molecular formula is C20H29N5O. The lowest BCUT2D eigenvalue weighted by molar-refractivity contribution is 0.408. The van der Waals surface area contributed by atoms with Gasteiger partial charge in [-0.25, -0.2) is 0 Å². The van der Waals surface area contributed by atoms with E-state index in [0.29, 0.717) is 6.04 Å². The maximum atomic E-state index is 5.50. The van der Waals surface area contributed by atoms with Gasteiger partial charge in [0.2, 0.25) is 0 Å². The third kappa shape index (κ3) is 4.31. The van der Waals surface area contributed by atoms with Crippen LogP contribution in [0.1, 0.15) is 18.5 Å². The number of piperidine rings is 1. The first kappa shape index (κ1) is 18.2. The van der Waals surface area contributed by atoms with E-state index in [1.54, 1.807) is 7.11 Å². The fraction of sp³-hybridized carbons (Fsp3) is 0.450. The van der Waals surface area contributed by atoms with Crippen molar-refractivity contribution in [2.45, 2.75) is 25.4 Å². The lowest BCUT2D eigenvalue weighted by atomic mass is 10.0. The van der Waals surface area contributed by atoms with E-state index in [-0.39, 0.29) is 0 Å². The van der Waals surface area contributed by atoms with Crippen molar-refractivity contribution in [3.05, 3.63) is 48.3 Å². The van der Waals surface area contributed by atoms with E-state index in [0.717, 1.165) is 44.2 Å². The zero-order chi connectivity index (χ0) is 18.4. The molecule has 0 aliphatic carbocycles. The van der Waals surface area contributed by atoms with Gasteiger partial charge in [0.25, 0.3) is 0 Å². The summed E-state index contributed by atoms with van der Waals surface area (Å²) in [6.45, 7) is 2.78. The van der Waals surface area contributed by atoms with E-state index in [1.165, 1.54) is 11.4 Å². The number of rotatable bonds is 5. The van der Waals surface area contributed by atoms with Gasteiger partial charge < -0.3 is 24.8 Å². The minimum absolute atomic E-state index is 0.431. The molecule has 0 unspecified atom stereocenters. The summed E-state index contributed by atoms with van der Waals surface area (Å²) in [5.41, 5.74) is 2.42. The third-order valence-electron chi connectivity index (χ3n) is 4.97. The SMILES string of the molecule is CN=C(NCc1cccn1C)NC1CCN(c2ccccc2OC)CC1. The Labute approximate surface area is 155 Å². The summed E-state index contributed by atoms with van der Waals surface area (Å²) in [5, 5.41) is 6.97. The molecule has 0 bridgehead atoms. The summed E-state index contributed by atoms with van der Waals surface area (Å²) in [4.78, 5) is 6.77. The molecule has 1 aliphatic rings. The summed E-state index contributed by atoms with van der Waals surface area (Å²) < 4.78 is 7.61. The molecule has 1 aliphatic heterocycles. The number of aliphatic imine (C=N–C) groups is 1. The van der Waals surface area contributed by atoms with Crippen molar-refractivity contribution in [2.75, 3.05) is 32.1 Å². The van der Waals surface area contributed by atoms with Gasteiger partial charge in [-0.3, -0.25) is 4.99 Å². The average Bonchev–Trinajstić information content (AvgIpc) is 3.10. The van der Waals surface area contributed by atoms with Gasteiger partial charge in [-0.15, -0.1) is 0 Å². The summed E-state index contributed by atoms with van der Waals surface area (Å²) in [6, 6.07) is 12.8. The number of methoxy groups -OCH3 is 1. The molecule has 0 amide bonds. The van der Waals surface area contributed by atoms with Crippen molar-refractivity contribution in [1.29, 1.82) is 0 Å². The Bertz CT molecular complexity index is 731. The summed E-state index contributed by atoms with van der Waals surface area (Å²) in [7, 11) is 5.61. The van der Waals surface area contributed by atoms with Crippen molar-refractivity contribution < 1.29 is 4.74 Å². The van der Waals surface area contributed by atoms with Crippen molar-refractivity contribution in [1.82, 2.24) is 15.2 Å². The van der Waals surface area contributed by atoms with Crippen LogP contribution in [0.5, 0.6) is 5.75 Å². The number of aryl methyl sites for hydroxylation is 1. The van der Waals surface area contributed by atoms with Gasteiger partial charge in [0.05, 0.1) is 19.3 Å². The number of ether oxygens (including phenoxy) is 1. The third-order valence-corrected chi connectivity index (χ3v) is 4.97. The Kier molecular flexibility index (Phi) is 6.04. The van der Waals surface area contributed by atoms with E-state index < -0.39 is 0 Å². The highest BCUT2D eigenvalue weighted by atomic mass is 16.5. The minimum Gasteiger partial charge on any atom is -0.495 e. The Morgan fingerprint density at radius 1 is 1.19 bits per heavy atom. The van der Waals surface area contributed by atoms with Crippen LogP contribution < -0.4 is 20.3 Å². The number of aromatic nitrogens is 1. The first-order chi connectivity index (χ1) is 12.7. The second kappa shape index (κ2) is 8.65. The van der Waals surface area contributed by atoms with E-state index in [4.69, 9.17) is 4.74 Å². The van der Waals surface area contributed by atoms with Crippen LogP contribution in [0.2, 0.25) is 0 Å². The number of hydrogen-bond donors (Lipinski definition) is 2. The van der Waals surface area contributed by atoms with Crippen LogP contribution in [0.4, 0.5) is 5.69 Å². The smallest absolute Gasteiger partial charge is 0.191 e. The topological polar surface area (TPSA) is 53.8 Å². The molecule has 1 aromatic heterocycles. The van der Waals surface area contributed by atoms with E-state index >= 15 is 0 Å². The van der Waals surface area contributed by atoms with Crippen molar-refractivity contribution in [3.8, 4) is 5.75 Å². The highest BCUT2D eigenvalue weighted by Crippen LogP contribution is 2.29. The molecule has 6 heteroatoms. The largest absolute Gasteiger partial charge is 0.495 e. The standard InChI is InChI=1S/C20H29N5O/c1-21-20(22-15-17-7-6-12-24(17)2)23-16-10-13-25(14-11-16)18-8-4-5-9-19(18)26-3/h4-9,12,16H,10-11,13-15H2,1-3H3,(H2,21,22,23). The second-order valence-corrected chi connectivity index (χ2v) is 6.61. The number of para-hydroxylation sites is 2. The molecule has 1 saturated heterocycles. The van der Waals surface area contributed by atoms with Crippen LogP contribution in [0.15, 0.2) is 47.6 Å². The van der Waals surface area contributed by atoms with Crippen LogP contribution in [-0.4, -0.2) is 43.8 Å². The summed E-state index contributed by atoms with van der Waals surface area (Å²) in [6.07, 6.45) is 4.20. The van der Waals surface area contributed by atoms with Gasteiger partial charge in [-0.1, -0.05) is 12.1 Å². The highest BCUT2D eigenvalue weighted by molar-refractivity contribution is 5.80. The van der Waals surface area contributed by atoms with E-state index in [9.17, 15) is 0 Å². The lowest BCUT2D eigenvalue weighted by Gasteiger charge is -2.35. The molecule has 0 radical (unpaired) electrons. The predicted octanol–water partition coefficient (Wildman–Crippen LogP) is 2.37. The number of guanidine groups is 1. The molecule has 0 saturated carbocycles. The Hall–Kier alpha value is -2.63. The number of hydrogen-bond acceptors (Lipinski definition) is 3. The van der Waals surface area contributed by atoms with E-state index in [2.05, 4.69) is 62.6 Å².